The number of aliphatic hydroxyl groups is 1. The van der Waals surface area contributed by atoms with Crippen molar-refractivity contribution in [3.8, 4) is 0 Å². The maximum Gasteiger partial charge on any atom is 0.322 e. The van der Waals surface area contributed by atoms with Gasteiger partial charge in [-0.15, -0.1) is 0 Å². The summed E-state index contributed by atoms with van der Waals surface area (Å²) in [5.41, 5.74) is 1.69. The molecule has 17 heavy (non-hydrogen) atoms. The third-order valence-corrected chi connectivity index (χ3v) is 3.04. The van der Waals surface area contributed by atoms with E-state index in [-0.39, 0.29) is 0 Å². The van der Waals surface area contributed by atoms with E-state index in [9.17, 15) is 14.7 Å². The minimum absolute atomic E-state index is 0.363. The van der Waals surface area contributed by atoms with E-state index < -0.39 is 24.1 Å². The fraction of sp³-hybridized carbons (Fsp3) is 0.500. The minimum Gasteiger partial charge on any atom is -0.382 e. The Labute approximate surface area is 97.8 Å². The molecule has 3 N–H and O–H groups in total. The van der Waals surface area contributed by atoms with Gasteiger partial charge in [0, 0.05) is 12.7 Å². The minimum atomic E-state index is -1.15. The molecule has 0 spiro atoms. The molecule has 1 aromatic heterocycles. The van der Waals surface area contributed by atoms with Crippen LogP contribution in [0.3, 0.4) is 0 Å². The first kappa shape index (κ1) is 11.6. The Hall–Kier alpha value is -1.89. The van der Waals surface area contributed by atoms with Crippen molar-refractivity contribution in [2.75, 3.05) is 0 Å². The quantitative estimate of drug-likeness (QED) is 0.592. The predicted molar refractivity (Wildman–Crippen MR) is 58.1 cm³/mol. The van der Waals surface area contributed by atoms with Gasteiger partial charge in [0.25, 0.3) is 5.91 Å². The van der Waals surface area contributed by atoms with Crippen LogP contribution in [0.1, 0.15) is 23.3 Å². The van der Waals surface area contributed by atoms with Gasteiger partial charge in [-0.25, -0.2) is 9.78 Å². The van der Waals surface area contributed by atoms with Gasteiger partial charge in [0.15, 0.2) is 0 Å². The topological polar surface area (TPSA) is 96.2 Å². The highest BCUT2D eigenvalue weighted by Crippen LogP contribution is 2.20. The molecule has 2 atom stereocenters. The van der Waals surface area contributed by atoms with Crippen LogP contribution in [-0.4, -0.2) is 32.6 Å². The monoisotopic (exact) mass is 238 g/mol. The molecular formula is C10H14N4O3. The summed E-state index contributed by atoms with van der Waals surface area (Å²) in [4.78, 5) is 26.6. The van der Waals surface area contributed by atoms with E-state index in [4.69, 9.17) is 0 Å². The van der Waals surface area contributed by atoms with Crippen molar-refractivity contribution in [2.45, 2.75) is 26.0 Å². The molecule has 2 unspecified atom stereocenters. The molecule has 92 valence electrons. The number of hydrogen-bond donors (Lipinski definition) is 3. The molecule has 0 aliphatic carbocycles. The van der Waals surface area contributed by atoms with Crippen molar-refractivity contribution in [2.24, 2.45) is 7.05 Å². The lowest BCUT2D eigenvalue weighted by Gasteiger charge is -2.15. The number of carbonyl (C=O) groups excluding carboxylic acids is 2. The van der Waals surface area contributed by atoms with Gasteiger partial charge in [-0.2, -0.15) is 0 Å². The van der Waals surface area contributed by atoms with Gasteiger partial charge in [-0.1, -0.05) is 0 Å². The molecule has 2 rings (SSSR count). The van der Waals surface area contributed by atoms with Gasteiger partial charge in [0.1, 0.15) is 18.0 Å². The summed E-state index contributed by atoms with van der Waals surface area (Å²) in [5.74, 6) is -0.178. The summed E-state index contributed by atoms with van der Waals surface area (Å²) < 4.78 is 1.71. The molecule has 0 aromatic carbocycles. The van der Waals surface area contributed by atoms with Gasteiger partial charge in [-0.3, -0.25) is 10.1 Å². The van der Waals surface area contributed by atoms with Gasteiger partial charge in [0.2, 0.25) is 0 Å². The molecule has 1 aliphatic heterocycles. The standard InChI is InChI=1S/C10H14N4O3/c1-4-5(2)14(3)8(11-4)7(15)6-9(16)13-10(17)12-6/h6-7,15H,1-3H3,(H2,12,13,16,17). The SMILES string of the molecule is Cc1nc(C(O)C2NC(=O)NC2=O)n(C)c1C. The number of imide groups is 1. The van der Waals surface area contributed by atoms with E-state index in [1.807, 2.05) is 13.8 Å². The number of urea groups is 1. The van der Waals surface area contributed by atoms with E-state index in [2.05, 4.69) is 15.6 Å². The number of nitrogens with one attached hydrogen (secondary N) is 2. The Morgan fingerprint density at radius 3 is 2.47 bits per heavy atom. The second-order valence-corrected chi connectivity index (χ2v) is 4.09. The van der Waals surface area contributed by atoms with Gasteiger partial charge in [0.05, 0.1) is 5.69 Å². The second kappa shape index (κ2) is 3.85. The average molecular weight is 238 g/mol. The van der Waals surface area contributed by atoms with Gasteiger partial charge < -0.3 is 15.0 Å². The molecule has 0 radical (unpaired) electrons. The Balaban J connectivity index is 2.31. The predicted octanol–water partition coefficient (Wildman–Crippen LogP) is -0.722. The summed E-state index contributed by atoms with van der Waals surface area (Å²) in [6, 6.07) is -1.58. The second-order valence-electron chi connectivity index (χ2n) is 4.09. The molecule has 1 saturated heterocycles. The van der Waals surface area contributed by atoms with E-state index >= 15 is 0 Å². The number of aromatic nitrogens is 2. The molecule has 2 heterocycles. The van der Waals surface area contributed by atoms with E-state index in [0.717, 1.165) is 11.4 Å². The normalized spacial score (nSPS) is 21.3. The first-order chi connectivity index (χ1) is 7.91. The Morgan fingerprint density at radius 1 is 1.41 bits per heavy atom. The summed E-state index contributed by atoms with van der Waals surface area (Å²) in [7, 11) is 1.75. The zero-order valence-electron chi connectivity index (χ0n) is 9.81. The number of aliphatic hydroxyl groups excluding tert-OH is 1. The molecule has 7 heteroatoms. The summed E-state index contributed by atoms with van der Waals surface area (Å²) >= 11 is 0. The molecule has 0 bridgehead atoms. The number of aryl methyl sites for hydroxylation is 1. The van der Waals surface area contributed by atoms with Crippen LogP contribution >= 0.6 is 0 Å². The van der Waals surface area contributed by atoms with Crippen molar-refractivity contribution in [1.29, 1.82) is 0 Å². The summed E-state index contributed by atoms with van der Waals surface area (Å²) in [6.07, 6.45) is -1.15. The van der Waals surface area contributed by atoms with Crippen LogP contribution in [0.4, 0.5) is 4.79 Å². The van der Waals surface area contributed by atoms with Crippen molar-refractivity contribution in [1.82, 2.24) is 20.2 Å². The third kappa shape index (κ3) is 1.78. The number of carbonyl (C=O) groups is 2. The molecule has 7 nitrogen and oxygen atoms in total. The largest absolute Gasteiger partial charge is 0.382 e. The van der Waals surface area contributed by atoms with Crippen LogP contribution in [0.5, 0.6) is 0 Å². The Kier molecular flexibility index (Phi) is 2.62. The van der Waals surface area contributed by atoms with Crippen LogP contribution in [0, 0.1) is 13.8 Å². The number of rotatable bonds is 2. The molecular weight excluding hydrogens is 224 g/mol. The fourth-order valence-electron chi connectivity index (χ4n) is 1.81. The number of nitrogens with zero attached hydrogens (tertiary/aromatic N) is 2. The maximum atomic E-state index is 11.4. The molecule has 0 saturated carbocycles. The fourth-order valence-corrected chi connectivity index (χ4v) is 1.81. The third-order valence-electron chi connectivity index (χ3n) is 3.04. The highest BCUT2D eigenvalue weighted by Gasteiger charge is 2.38. The van der Waals surface area contributed by atoms with E-state index in [1.54, 1.807) is 11.6 Å². The van der Waals surface area contributed by atoms with E-state index in [1.165, 1.54) is 0 Å². The summed E-state index contributed by atoms with van der Waals surface area (Å²) in [6.45, 7) is 3.69. The zero-order valence-corrected chi connectivity index (χ0v) is 9.81. The van der Waals surface area contributed by atoms with Crippen LogP contribution in [0.25, 0.3) is 0 Å². The van der Waals surface area contributed by atoms with Crippen molar-refractivity contribution in [3.63, 3.8) is 0 Å². The lowest BCUT2D eigenvalue weighted by atomic mass is 10.1. The highest BCUT2D eigenvalue weighted by atomic mass is 16.3. The highest BCUT2D eigenvalue weighted by molar-refractivity contribution is 6.04. The number of hydrogen-bond acceptors (Lipinski definition) is 4. The Morgan fingerprint density at radius 2 is 2.06 bits per heavy atom. The number of amides is 3. The first-order valence-electron chi connectivity index (χ1n) is 5.21. The molecule has 3 amide bonds. The van der Waals surface area contributed by atoms with Gasteiger partial charge in [-0.05, 0) is 13.8 Å². The summed E-state index contributed by atoms with van der Waals surface area (Å²) in [5, 5.41) is 14.5. The Bertz CT molecular complexity index is 494. The number of imidazole rings is 1. The molecule has 1 fully saturated rings. The lowest BCUT2D eigenvalue weighted by molar-refractivity contribution is -0.122. The van der Waals surface area contributed by atoms with Crippen LogP contribution in [0.2, 0.25) is 0 Å². The van der Waals surface area contributed by atoms with Crippen LogP contribution < -0.4 is 10.6 Å². The van der Waals surface area contributed by atoms with E-state index in [0.29, 0.717) is 5.82 Å². The van der Waals surface area contributed by atoms with Crippen LogP contribution in [-0.2, 0) is 11.8 Å². The van der Waals surface area contributed by atoms with Gasteiger partial charge >= 0.3 is 6.03 Å². The van der Waals surface area contributed by atoms with Crippen molar-refractivity contribution >= 4 is 11.9 Å². The molecule has 1 aromatic rings. The lowest BCUT2D eigenvalue weighted by Crippen LogP contribution is -2.36. The molecule has 1 aliphatic rings. The smallest absolute Gasteiger partial charge is 0.322 e. The van der Waals surface area contributed by atoms with Crippen LogP contribution in [0.15, 0.2) is 0 Å². The average Bonchev–Trinajstić information content (AvgIpc) is 2.72. The zero-order chi connectivity index (χ0) is 12.7. The van der Waals surface area contributed by atoms with Crippen molar-refractivity contribution < 1.29 is 14.7 Å². The maximum absolute atomic E-state index is 11.4. The van der Waals surface area contributed by atoms with Crippen molar-refractivity contribution in [3.05, 3.63) is 17.2 Å². The first-order valence-corrected chi connectivity index (χ1v) is 5.21.